The number of ketones is 1. The van der Waals surface area contributed by atoms with Crippen LogP contribution in [0, 0.1) is 11.3 Å². The molecule has 0 unspecified atom stereocenters. The molecule has 1 N–H and O–H groups in total. The average molecular weight is 480 g/mol. The molecule has 0 bridgehead atoms. The van der Waals surface area contributed by atoms with Gasteiger partial charge >= 0.3 is 0 Å². The monoisotopic (exact) mass is 479 g/mol. The van der Waals surface area contributed by atoms with Gasteiger partial charge in [-0.15, -0.1) is 10.2 Å². The van der Waals surface area contributed by atoms with Crippen LogP contribution >= 0.6 is 0 Å². The molecule has 0 atom stereocenters. The molecule has 2 aromatic heterocycles. The molecule has 0 aliphatic heterocycles. The van der Waals surface area contributed by atoms with E-state index in [1.807, 2.05) is 18.2 Å². The van der Waals surface area contributed by atoms with Crippen LogP contribution in [0.3, 0.4) is 0 Å². The topological polar surface area (TPSA) is 94.5 Å². The van der Waals surface area contributed by atoms with Gasteiger partial charge in [-0.1, -0.05) is 41.0 Å². The number of nitrogens with one attached hydrogen (secondary N) is 1. The van der Waals surface area contributed by atoms with Crippen molar-refractivity contribution in [3.8, 4) is 11.6 Å². The molecule has 1 saturated carbocycles. The van der Waals surface area contributed by atoms with Gasteiger partial charge in [0.05, 0.1) is 12.7 Å². The predicted molar refractivity (Wildman–Crippen MR) is 134 cm³/mol. The second kappa shape index (κ2) is 10.2. The van der Waals surface area contributed by atoms with E-state index in [4.69, 9.17) is 14.9 Å². The molecule has 3 aromatic rings. The lowest BCUT2D eigenvalue weighted by atomic mass is 9.85. The highest BCUT2D eigenvalue weighted by molar-refractivity contribution is 5.96. The number of fused-ring (bicyclic) bond motifs is 1. The predicted octanol–water partition coefficient (Wildman–Crippen LogP) is 4.94. The Morgan fingerprint density at radius 1 is 1.14 bits per heavy atom. The van der Waals surface area contributed by atoms with Crippen molar-refractivity contribution >= 4 is 11.4 Å². The quantitative estimate of drug-likeness (QED) is 0.416. The first-order valence-corrected chi connectivity index (χ1v) is 12.7. The zero-order chi connectivity index (χ0) is 25.2. The van der Waals surface area contributed by atoms with Gasteiger partial charge in [-0.3, -0.25) is 10.2 Å². The molecule has 1 aromatic carbocycles. The van der Waals surface area contributed by atoms with Gasteiger partial charge < -0.3 is 9.47 Å². The fraction of sp³-hybridized carbons (Fsp3) is 0.556. The summed E-state index contributed by atoms with van der Waals surface area (Å²) >= 11 is 0. The lowest BCUT2D eigenvalue weighted by Crippen LogP contribution is -2.27. The zero-order valence-electron chi connectivity index (χ0n) is 21.5. The van der Waals surface area contributed by atoms with Crippen molar-refractivity contribution in [2.75, 3.05) is 6.61 Å². The fourth-order valence-corrected chi connectivity index (χ4v) is 4.09. The van der Waals surface area contributed by atoms with E-state index in [1.54, 1.807) is 12.1 Å². The molecule has 188 valence electrons. The van der Waals surface area contributed by atoms with Crippen molar-refractivity contribution in [2.45, 2.75) is 84.8 Å². The van der Waals surface area contributed by atoms with Crippen LogP contribution in [0.25, 0.3) is 5.65 Å². The Labute approximate surface area is 206 Å². The number of hydrogen-bond acceptors (Lipinski definition) is 6. The molecule has 1 aliphatic rings. The number of nitrogens with zero attached hydrogens (tertiary/aromatic N) is 4. The first-order chi connectivity index (χ1) is 16.7. The highest BCUT2D eigenvalue weighted by atomic mass is 16.5. The summed E-state index contributed by atoms with van der Waals surface area (Å²) in [5.74, 6) is 1.66. The van der Waals surface area contributed by atoms with Gasteiger partial charge in [-0.05, 0) is 66.8 Å². The van der Waals surface area contributed by atoms with Crippen molar-refractivity contribution < 1.29 is 14.3 Å². The Bertz CT molecular complexity index is 1250. The van der Waals surface area contributed by atoms with Crippen LogP contribution in [-0.4, -0.2) is 37.9 Å². The van der Waals surface area contributed by atoms with Gasteiger partial charge in [0.2, 0.25) is 11.5 Å². The van der Waals surface area contributed by atoms with Crippen molar-refractivity contribution in [3.63, 3.8) is 0 Å². The largest absolute Gasteiger partial charge is 0.493 e. The molecule has 1 fully saturated rings. The first-order valence-electron chi connectivity index (χ1n) is 12.7. The Morgan fingerprint density at radius 3 is 2.51 bits per heavy atom. The van der Waals surface area contributed by atoms with Gasteiger partial charge in [-0.25, -0.2) is 4.68 Å². The van der Waals surface area contributed by atoms with Crippen molar-refractivity contribution in [1.29, 1.82) is 5.41 Å². The van der Waals surface area contributed by atoms with E-state index in [1.165, 1.54) is 28.5 Å². The number of ether oxygens (including phenoxy) is 2. The van der Waals surface area contributed by atoms with Crippen LogP contribution in [0.4, 0.5) is 0 Å². The summed E-state index contributed by atoms with van der Waals surface area (Å²) in [5.41, 5.74) is 2.00. The van der Waals surface area contributed by atoms with Gasteiger partial charge in [0.25, 0.3) is 0 Å². The molecule has 8 heteroatoms. The fourth-order valence-electron chi connectivity index (χ4n) is 4.09. The third kappa shape index (κ3) is 5.74. The van der Waals surface area contributed by atoms with Gasteiger partial charge in [0.15, 0.2) is 11.4 Å². The van der Waals surface area contributed by atoms with Gasteiger partial charge in [-0.2, -0.15) is 4.52 Å². The van der Waals surface area contributed by atoms with E-state index in [0.717, 1.165) is 24.2 Å². The van der Waals surface area contributed by atoms with Crippen molar-refractivity contribution in [3.05, 3.63) is 47.1 Å². The van der Waals surface area contributed by atoms with E-state index in [-0.39, 0.29) is 29.5 Å². The summed E-state index contributed by atoms with van der Waals surface area (Å²) in [6.45, 7) is 11.1. The minimum Gasteiger partial charge on any atom is -0.493 e. The molecule has 0 radical (unpaired) electrons. The van der Waals surface area contributed by atoms with E-state index in [2.05, 4.69) is 44.8 Å². The molecule has 35 heavy (non-hydrogen) atoms. The summed E-state index contributed by atoms with van der Waals surface area (Å²) < 4.78 is 14.8. The minimum atomic E-state index is -0.128. The van der Waals surface area contributed by atoms with Crippen LogP contribution in [0.5, 0.6) is 11.6 Å². The van der Waals surface area contributed by atoms with Crippen molar-refractivity contribution in [1.82, 2.24) is 19.4 Å². The number of carbonyl (C=O) groups excluding carboxylic acids is 1. The third-order valence-electron chi connectivity index (χ3n) is 6.76. The van der Waals surface area contributed by atoms with Crippen LogP contribution < -0.4 is 15.1 Å². The maximum Gasteiger partial charge on any atom is 0.242 e. The van der Waals surface area contributed by atoms with Gasteiger partial charge in [0.1, 0.15) is 12.3 Å². The van der Waals surface area contributed by atoms with Crippen molar-refractivity contribution in [2.24, 2.45) is 5.92 Å². The summed E-state index contributed by atoms with van der Waals surface area (Å²) in [5, 5.41) is 17.4. The highest BCUT2D eigenvalue weighted by Gasteiger charge is 2.22. The molecule has 4 rings (SSSR count). The maximum absolute atomic E-state index is 13.3. The van der Waals surface area contributed by atoms with E-state index < -0.39 is 0 Å². The molecule has 0 amide bonds. The number of rotatable bonds is 10. The number of hydrogen-bond donors (Lipinski definition) is 1. The summed E-state index contributed by atoms with van der Waals surface area (Å²) in [4.78, 5) is 13.3. The second-order valence-corrected chi connectivity index (χ2v) is 10.5. The number of benzene rings is 1. The SMILES string of the molecule is CCC(CC)Oc1ccc2nn(CC(=O)c3cc(OCC4CCC4)cc(C(C)(C)C)c3)c(=N)n2n1. The molecule has 2 heterocycles. The lowest BCUT2D eigenvalue weighted by molar-refractivity contribution is 0.0964. The zero-order valence-corrected chi connectivity index (χ0v) is 21.5. The molecular weight excluding hydrogens is 442 g/mol. The van der Waals surface area contributed by atoms with Crippen LogP contribution in [-0.2, 0) is 12.0 Å². The standard InChI is InChI=1S/C27H37N5O3/c1-6-21(7-2)35-25-12-11-24-29-31(26(28)32(24)30-25)16-23(33)19-13-20(27(3,4)5)15-22(14-19)34-17-18-9-8-10-18/h11-15,18,21,28H,6-10,16-17H2,1-5H3. The number of aromatic nitrogens is 4. The Hall–Kier alpha value is -3.16. The van der Waals surface area contributed by atoms with E-state index >= 15 is 0 Å². The number of carbonyl (C=O) groups is 1. The molecular formula is C27H37N5O3. The summed E-state index contributed by atoms with van der Waals surface area (Å²) in [6, 6.07) is 9.30. The smallest absolute Gasteiger partial charge is 0.242 e. The van der Waals surface area contributed by atoms with Crippen LogP contribution in [0.15, 0.2) is 30.3 Å². The summed E-state index contributed by atoms with van der Waals surface area (Å²) in [7, 11) is 0. The van der Waals surface area contributed by atoms with E-state index in [0.29, 0.717) is 29.6 Å². The lowest BCUT2D eigenvalue weighted by Gasteiger charge is -2.26. The average Bonchev–Trinajstić information content (AvgIpc) is 3.10. The summed E-state index contributed by atoms with van der Waals surface area (Å²) in [6.07, 6.45) is 5.51. The highest BCUT2D eigenvalue weighted by Crippen LogP contribution is 2.31. The molecule has 8 nitrogen and oxygen atoms in total. The minimum absolute atomic E-state index is 0.0248. The Morgan fingerprint density at radius 2 is 1.89 bits per heavy atom. The molecule has 1 aliphatic carbocycles. The van der Waals surface area contributed by atoms with Crippen LogP contribution in [0.1, 0.15) is 82.6 Å². The van der Waals surface area contributed by atoms with Gasteiger partial charge in [0, 0.05) is 11.6 Å². The Kier molecular flexibility index (Phi) is 7.28. The first kappa shape index (κ1) is 24.9. The molecule has 0 saturated heterocycles. The van der Waals surface area contributed by atoms with E-state index in [9.17, 15) is 4.79 Å². The Balaban J connectivity index is 1.57. The normalized spacial score (nSPS) is 14.3. The molecule has 0 spiro atoms. The van der Waals surface area contributed by atoms with Crippen LogP contribution in [0.2, 0.25) is 0 Å². The maximum atomic E-state index is 13.3. The third-order valence-corrected chi connectivity index (χ3v) is 6.76. The second-order valence-electron chi connectivity index (χ2n) is 10.5. The number of Topliss-reactive ketones (excluding diaryl/α,β-unsaturated/α-hetero) is 1.